The van der Waals surface area contributed by atoms with Crippen LogP contribution in [0.15, 0.2) is 5.34 Å². The van der Waals surface area contributed by atoms with Crippen LogP contribution in [-0.2, 0) is 8.97 Å². The van der Waals surface area contributed by atoms with E-state index < -0.39 is 0 Å². The van der Waals surface area contributed by atoms with Gasteiger partial charge in [0.1, 0.15) is 0 Å². The Labute approximate surface area is 36.4 Å². The van der Waals surface area contributed by atoms with E-state index in [2.05, 4.69) is 25.2 Å². The van der Waals surface area contributed by atoms with E-state index >= 15 is 0 Å². The highest BCUT2D eigenvalue weighted by Gasteiger charge is 1.64. The standard InChI is InChI=1S/BrNO3/c1-4-5-2-3. The third-order valence-corrected chi connectivity index (χ3v) is 0.177. The summed E-state index contributed by atoms with van der Waals surface area (Å²) in [7, 11) is 0. The van der Waals surface area contributed by atoms with Gasteiger partial charge in [-0.05, 0) is 0 Å². The molecule has 0 fully saturated rings. The van der Waals surface area contributed by atoms with Crippen LogP contribution in [0.4, 0.5) is 0 Å². The molecular formula is BrNO3. The lowest BCUT2D eigenvalue weighted by molar-refractivity contribution is -0.183. The van der Waals surface area contributed by atoms with Gasteiger partial charge in [-0.2, -0.15) is 4.99 Å². The molecule has 0 heterocycles. The van der Waals surface area contributed by atoms with E-state index in [1.165, 1.54) is 0 Å². The van der Waals surface area contributed by atoms with Gasteiger partial charge >= 0.3 is 0 Å². The average Bonchev–Trinajstić information content (AvgIpc) is 1.41. The predicted octanol–water partition coefficient (Wildman–Crippen LogP) is 0.926. The highest BCUT2D eigenvalue weighted by Crippen LogP contribution is 1.82. The van der Waals surface area contributed by atoms with E-state index in [4.69, 9.17) is 4.91 Å². The van der Waals surface area contributed by atoms with Gasteiger partial charge in [-0.25, -0.2) is 0 Å². The molecule has 0 atom stereocenters. The summed E-state index contributed by atoms with van der Waals surface area (Å²) in [4.78, 5) is 12.1. The van der Waals surface area contributed by atoms with Crippen LogP contribution in [-0.4, -0.2) is 0 Å². The van der Waals surface area contributed by atoms with Crippen LogP contribution in [0.25, 0.3) is 0 Å². The van der Waals surface area contributed by atoms with E-state index in [9.17, 15) is 0 Å². The number of hydrogen-bond donors (Lipinski definition) is 0. The maximum Gasteiger partial charge on any atom is 0.191 e. The fraction of sp³-hybridized carbons (Fsp3) is 0. The van der Waals surface area contributed by atoms with Crippen molar-refractivity contribution in [2.45, 2.75) is 0 Å². The quantitative estimate of drug-likeness (QED) is 0.327. The molecule has 0 aromatic rings. The maximum atomic E-state index is 8.78. The Balaban J connectivity index is 2.40. The topological polar surface area (TPSA) is 47.9 Å². The first-order chi connectivity index (χ1) is 2.41. The zero-order chi connectivity index (χ0) is 4.12. The number of halogens is 1. The summed E-state index contributed by atoms with van der Waals surface area (Å²) in [5.74, 6) is 0. The molecule has 0 N–H and O–H groups in total. The van der Waals surface area contributed by atoms with Crippen molar-refractivity contribution >= 4 is 16.3 Å². The molecule has 0 aliphatic rings. The molecule has 0 aromatic heterocycles. The van der Waals surface area contributed by atoms with E-state index in [0.29, 0.717) is 0 Å². The van der Waals surface area contributed by atoms with E-state index in [-0.39, 0.29) is 0 Å². The van der Waals surface area contributed by atoms with Crippen LogP contribution in [0.5, 0.6) is 0 Å². The van der Waals surface area contributed by atoms with Gasteiger partial charge in [-0.15, -0.1) is 4.91 Å². The Kier molecular flexibility index (Phi) is 3.72. The van der Waals surface area contributed by atoms with Gasteiger partial charge < -0.3 is 0 Å². The molecule has 5 heavy (non-hydrogen) atoms. The molecule has 0 amide bonds. The van der Waals surface area contributed by atoms with Crippen LogP contribution < -0.4 is 0 Å². The number of hydrogen-bond acceptors (Lipinski definition) is 4. The van der Waals surface area contributed by atoms with Crippen LogP contribution in [0, 0.1) is 4.91 Å². The van der Waals surface area contributed by atoms with Crippen molar-refractivity contribution in [3.8, 4) is 0 Å². The lowest BCUT2D eigenvalue weighted by Crippen LogP contribution is -1.61. The predicted molar refractivity (Wildman–Crippen MR) is 16.9 cm³/mol. The van der Waals surface area contributed by atoms with E-state index in [1.54, 1.807) is 0 Å². The van der Waals surface area contributed by atoms with Crippen LogP contribution >= 0.6 is 16.3 Å². The molecule has 5 heteroatoms. The first-order valence-electron chi connectivity index (χ1n) is 0.686. The van der Waals surface area contributed by atoms with Crippen molar-refractivity contribution in [1.82, 2.24) is 0 Å². The summed E-state index contributed by atoms with van der Waals surface area (Å²) in [6.45, 7) is 0. The van der Waals surface area contributed by atoms with Crippen LogP contribution in [0.3, 0.4) is 0 Å². The molecule has 0 aliphatic carbocycles. The van der Waals surface area contributed by atoms with E-state index in [1.807, 2.05) is 5.34 Å². The Morgan fingerprint density at radius 1 is 1.80 bits per heavy atom. The average molecular weight is 142 g/mol. The molecule has 0 radical (unpaired) electrons. The van der Waals surface area contributed by atoms with Crippen molar-refractivity contribution in [3.05, 3.63) is 4.91 Å². The summed E-state index contributed by atoms with van der Waals surface area (Å²) in [6, 6.07) is 0. The fourth-order valence-electron chi connectivity index (χ4n) is 0.0115. The molecule has 30 valence electrons. The molecule has 0 aromatic carbocycles. The Hall–Kier alpha value is -0.160. The normalized spacial score (nSPS) is 6.60. The molecule has 0 spiro atoms. The first kappa shape index (κ1) is 4.84. The maximum absolute atomic E-state index is 8.78. The minimum atomic E-state index is 1.84. The van der Waals surface area contributed by atoms with Crippen LogP contribution in [0.1, 0.15) is 0 Å². The van der Waals surface area contributed by atoms with Crippen molar-refractivity contribution < 1.29 is 8.97 Å². The summed E-state index contributed by atoms with van der Waals surface area (Å²) in [5, 5.41) is 1.84. The summed E-state index contributed by atoms with van der Waals surface area (Å²) < 4.78 is 3.52. The van der Waals surface area contributed by atoms with Gasteiger partial charge in [0.15, 0.2) is 21.6 Å². The molecule has 0 bridgehead atoms. The van der Waals surface area contributed by atoms with E-state index in [0.717, 1.165) is 0 Å². The van der Waals surface area contributed by atoms with Crippen LogP contribution in [0.2, 0.25) is 0 Å². The summed E-state index contributed by atoms with van der Waals surface area (Å²) in [6.07, 6.45) is 0. The van der Waals surface area contributed by atoms with Gasteiger partial charge in [-0.3, -0.25) is 0 Å². The largest absolute Gasteiger partial charge is 0.191 e. The second kappa shape index (κ2) is 3.84. The minimum absolute atomic E-state index is 1.84. The lowest BCUT2D eigenvalue weighted by atomic mass is 13.4. The third kappa shape index (κ3) is 3.84. The van der Waals surface area contributed by atoms with Gasteiger partial charge in [0.05, 0.1) is 0 Å². The Morgan fingerprint density at radius 3 is 2.40 bits per heavy atom. The smallest absolute Gasteiger partial charge is 0.168 e. The Morgan fingerprint density at radius 2 is 2.40 bits per heavy atom. The van der Waals surface area contributed by atoms with Gasteiger partial charge in [0.2, 0.25) is 0 Å². The minimum Gasteiger partial charge on any atom is -0.168 e. The summed E-state index contributed by atoms with van der Waals surface area (Å²) in [5.41, 5.74) is 0. The first-order valence-corrected chi connectivity index (χ1v) is 1.33. The fourth-order valence-corrected chi connectivity index (χ4v) is 0.0598. The second-order valence-corrected chi connectivity index (χ2v) is 0.476. The lowest BCUT2D eigenvalue weighted by Gasteiger charge is -1.71. The van der Waals surface area contributed by atoms with Crippen molar-refractivity contribution in [1.29, 1.82) is 0 Å². The summed E-state index contributed by atoms with van der Waals surface area (Å²) >= 11 is 2.29. The second-order valence-electron chi connectivity index (χ2n) is 0.212. The van der Waals surface area contributed by atoms with Crippen molar-refractivity contribution in [3.63, 3.8) is 0 Å². The number of nitrogens with zero attached hydrogens (tertiary/aromatic N) is 1. The van der Waals surface area contributed by atoms with Gasteiger partial charge in [-0.1, -0.05) is 3.98 Å². The van der Waals surface area contributed by atoms with Crippen molar-refractivity contribution in [2.75, 3.05) is 0 Å². The molecule has 0 aliphatic heterocycles. The van der Waals surface area contributed by atoms with Crippen molar-refractivity contribution in [2.24, 2.45) is 5.34 Å². The van der Waals surface area contributed by atoms with Gasteiger partial charge in [0.25, 0.3) is 0 Å². The SMILES string of the molecule is O=NOOBr. The third-order valence-electron chi connectivity index (χ3n) is 0.0586. The number of rotatable bonds is 2. The zero-order valence-corrected chi connectivity index (χ0v) is 3.64. The molecule has 0 saturated heterocycles. The molecule has 4 nitrogen and oxygen atoms in total. The highest BCUT2D eigenvalue weighted by atomic mass is 79.9. The molecule has 0 saturated carbocycles. The molecule has 0 rings (SSSR count). The van der Waals surface area contributed by atoms with Gasteiger partial charge in [0, 0.05) is 0 Å². The Bertz CT molecular complexity index is 28.1. The monoisotopic (exact) mass is 141 g/mol. The zero-order valence-electron chi connectivity index (χ0n) is 2.05. The molecule has 0 unspecified atom stereocenters. The molecular weight excluding hydrogens is 142 g/mol. The highest BCUT2D eigenvalue weighted by molar-refractivity contribution is 9.05.